The van der Waals surface area contributed by atoms with Crippen LogP contribution in [0.4, 0.5) is 5.69 Å². The molecule has 2 bridgehead atoms. The summed E-state index contributed by atoms with van der Waals surface area (Å²) in [5, 5.41) is 4.38. The van der Waals surface area contributed by atoms with Crippen molar-refractivity contribution in [3.8, 4) is 5.75 Å². The average Bonchev–Trinajstić information content (AvgIpc) is 3.57. The van der Waals surface area contributed by atoms with E-state index < -0.39 is 21.7 Å². The van der Waals surface area contributed by atoms with E-state index in [1.54, 1.807) is 19.2 Å². The van der Waals surface area contributed by atoms with Crippen LogP contribution in [0.15, 0.2) is 69.9 Å². The van der Waals surface area contributed by atoms with Crippen molar-refractivity contribution in [3.63, 3.8) is 0 Å². The van der Waals surface area contributed by atoms with E-state index in [-0.39, 0.29) is 23.8 Å². The summed E-state index contributed by atoms with van der Waals surface area (Å²) in [6, 6.07) is 11.4. The minimum absolute atomic E-state index is 0.0330. The number of hydrogen-bond acceptors (Lipinski definition) is 8. The number of carbonyl (C=O) groups excluding carboxylic acids is 2. The van der Waals surface area contributed by atoms with Crippen molar-refractivity contribution in [2.45, 2.75) is 70.4 Å². The number of ether oxygens (including phenoxy) is 2. The molecule has 0 spiro atoms. The Kier molecular flexibility index (Phi) is 11.2. The maximum atomic E-state index is 14.2. The van der Waals surface area contributed by atoms with Crippen molar-refractivity contribution in [2.75, 3.05) is 30.9 Å². The van der Waals surface area contributed by atoms with Gasteiger partial charge in [-0.1, -0.05) is 35.0 Å². The minimum Gasteiger partial charge on any atom is -0.491 e. The van der Waals surface area contributed by atoms with Crippen LogP contribution >= 0.6 is 11.6 Å². The quantitative estimate of drug-likeness (QED) is 0.292. The molecule has 3 aromatic rings. The number of carbonyl (C=O) groups is 2. The number of allylic oxidation sites excluding steroid dienone is 1. The minimum atomic E-state index is -3.43. The average molecular weight is 695 g/mol. The van der Waals surface area contributed by atoms with Gasteiger partial charge in [0.05, 0.1) is 30.3 Å². The van der Waals surface area contributed by atoms with Crippen LogP contribution in [0.25, 0.3) is 0 Å². The van der Waals surface area contributed by atoms with Gasteiger partial charge in [0.15, 0.2) is 0 Å². The lowest BCUT2D eigenvalue weighted by atomic mass is 9.70. The highest BCUT2D eigenvalue weighted by molar-refractivity contribution is 7.92. The monoisotopic (exact) mass is 694 g/mol. The molecule has 12 heteroatoms. The number of hydrogen-bond donors (Lipinski definition) is 1. The smallest absolute Gasteiger partial charge is 0.286 e. The van der Waals surface area contributed by atoms with E-state index in [2.05, 4.69) is 37.4 Å². The van der Waals surface area contributed by atoms with Crippen LogP contribution in [0, 0.1) is 11.8 Å². The van der Waals surface area contributed by atoms with Crippen LogP contribution in [-0.4, -0.2) is 53.3 Å². The first-order valence-corrected chi connectivity index (χ1v) is 18.8. The van der Waals surface area contributed by atoms with Gasteiger partial charge in [0.2, 0.25) is 5.91 Å². The Hall–Kier alpha value is -3.67. The molecule has 1 N–H and O–H groups in total. The third-order valence-electron chi connectivity index (χ3n) is 9.54. The number of methoxy groups -OCH3 is 1. The number of halogens is 1. The van der Waals surface area contributed by atoms with Crippen LogP contribution < -0.4 is 14.4 Å². The number of rotatable bonds is 5. The molecule has 3 aliphatic rings. The summed E-state index contributed by atoms with van der Waals surface area (Å²) >= 11 is 6.44. The number of benzene rings is 2. The molecular formula is C36H43ClN4O6S. The standard InChI is InChI=1S/C36H43ClN4O6S/c1-45-33-8-3-2-6-18-48(44,39-35(42)16-9-25-21-38-47-24-25)40-36(43)27-12-15-34-32(20-27)41(23-29-11-14-31(29)33)22-28-10-13-30(37)19-26(28)7-4-5-17-46-34/h3,8,10,12-13,15,19-21,24,29,31,33H,2,4-7,9,11,14,16-18,22-23H2,1H3,(H,39,40,42,43,44)/b8-3+/t29-,31+,33-,48?/m0/s1. The highest BCUT2D eigenvalue weighted by Crippen LogP contribution is 2.42. The number of nitrogens with zero attached hydrogens (tertiary/aromatic N) is 3. The molecule has 256 valence electrons. The second kappa shape index (κ2) is 15.7. The fourth-order valence-corrected chi connectivity index (χ4v) is 8.58. The Morgan fingerprint density at radius 3 is 2.83 bits per heavy atom. The van der Waals surface area contributed by atoms with Gasteiger partial charge >= 0.3 is 0 Å². The van der Waals surface area contributed by atoms with Gasteiger partial charge in [-0.25, -0.2) is 4.21 Å². The van der Waals surface area contributed by atoms with E-state index in [9.17, 15) is 13.8 Å². The van der Waals surface area contributed by atoms with Crippen molar-refractivity contribution >= 4 is 39.0 Å². The van der Waals surface area contributed by atoms with Gasteiger partial charge in [-0.2, -0.15) is 0 Å². The number of aromatic nitrogens is 1. The van der Waals surface area contributed by atoms with Crippen molar-refractivity contribution in [3.05, 3.63) is 88.3 Å². The Balaban J connectivity index is 1.39. The number of nitrogens with one attached hydrogen (secondary N) is 1. The molecule has 1 aliphatic carbocycles. The number of fused-ring (bicyclic) bond motifs is 3. The SMILES string of the molecule is CO[C@H]1/C=C/CCCS(=O)(NC(=O)CCc2cnoc2)=NC(=O)c2ccc3c(c2)N(Cc2ccc(Cl)cc2CCCCO3)C[C@@H]2CC[C@H]21. The van der Waals surface area contributed by atoms with Gasteiger partial charge in [-0.15, -0.1) is 4.36 Å². The molecule has 1 aromatic heterocycles. The van der Waals surface area contributed by atoms with Gasteiger partial charge in [-0.3, -0.25) is 14.3 Å². The van der Waals surface area contributed by atoms with Gasteiger partial charge in [-0.05, 0) is 105 Å². The van der Waals surface area contributed by atoms with Crippen LogP contribution in [-0.2, 0) is 38.8 Å². The Labute approximate surface area is 287 Å². The Bertz CT molecular complexity index is 1750. The van der Waals surface area contributed by atoms with Crippen molar-refractivity contribution in [1.29, 1.82) is 0 Å². The Morgan fingerprint density at radius 1 is 1.15 bits per heavy atom. The lowest BCUT2D eigenvalue weighted by Gasteiger charge is -2.43. The summed E-state index contributed by atoms with van der Waals surface area (Å²) in [7, 11) is -1.68. The number of amides is 2. The normalized spacial score (nSPS) is 25.6. The molecule has 3 heterocycles. The first kappa shape index (κ1) is 34.2. The third-order valence-corrected chi connectivity index (χ3v) is 11.6. The molecule has 10 nitrogen and oxygen atoms in total. The van der Waals surface area contributed by atoms with Crippen LogP contribution in [0.5, 0.6) is 5.75 Å². The summed E-state index contributed by atoms with van der Waals surface area (Å²) in [6.07, 6.45) is 13.4. The second-order valence-electron chi connectivity index (χ2n) is 12.9. The fourth-order valence-electron chi connectivity index (χ4n) is 6.76. The van der Waals surface area contributed by atoms with E-state index in [1.807, 2.05) is 18.2 Å². The first-order chi connectivity index (χ1) is 23.3. The molecule has 2 amide bonds. The third kappa shape index (κ3) is 8.48. The van der Waals surface area contributed by atoms with E-state index in [0.717, 1.165) is 49.9 Å². The predicted molar refractivity (Wildman–Crippen MR) is 185 cm³/mol. The molecule has 1 fully saturated rings. The van der Waals surface area contributed by atoms with Gasteiger partial charge in [0.1, 0.15) is 21.9 Å². The van der Waals surface area contributed by atoms with Crippen molar-refractivity contribution in [2.24, 2.45) is 16.2 Å². The lowest BCUT2D eigenvalue weighted by Crippen LogP contribution is -2.43. The van der Waals surface area contributed by atoms with E-state index in [4.69, 9.17) is 25.6 Å². The van der Waals surface area contributed by atoms with Gasteiger partial charge < -0.3 is 18.9 Å². The molecule has 2 aromatic carbocycles. The summed E-state index contributed by atoms with van der Waals surface area (Å²) in [4.78, 5) is 29.0. The molecule has 1 unspecified atom stereocenters. The lowest BCUT2D eigenvalue weighted by molar-refractivity contribution is -0.119. The maximum absolute atomic E-state index is 14.2. The summed E-state index contributed by atoms with van der Waals surface area (Å²) in [6.45, 7) is 1.88. The molecular weight excluding hydrogens is 652 g/mol. The van der Waals surface area contributed by atoms with E-state index in [0.29, 0.717) is 55.0 Å². The molecule has 48 heavy (non-hydrogen) atoms. The summed E-state index contributed by atoms with van der Waals surface area (Å²) in [5.41, 5.74) is 4.21. The molecule has 1 saturated carbocycles. The maximum Gasteiger partial charge on any atom is 0.286 e. The summed E-state index contributed by atoms with van der Waals surface area (Å²) < 4.78 is 38.1. The Morgan fingerprint density at radius 2 is 2.04 bits per heavy atom. The highest BCUT2D eigenvalue weighted by atomic mass is 35.5. The predicted octanol–water partition coefficient (Wildman–Crippen LogP) is 6.71. The van der Waals surface area contributed by atoms with Crippen molar-refractivity contribution < 1.29 is 27.8 Å². The van der Waals surface area contributed by atoms with Gasteiger partial charge in [0, 0.05) is 42.8 Å². The van der Waals surface area contributed by atoms with Crippen molar-refractivity contribution in [1.82, 2.24) is 9.88 Å². The topological polar surface area (TPSA) is 123 Å². The highest BCUT2D eigenvalue weighted by Gasteiger charge is 2.38. The van der Waals surface area contributed by atoms with Gasteiger partial charge in [0.25, 0.3) is 5.91 Å². The summed E-state index contributed by atoms with van der Waals surface area (Å²) in [5.74, 6) is 0.320. The molecule has 2 aliphatic heterocycles. The molecule has 6 rings (SSSR count). The zero-order chi connectivity index (χ0) is 33.5. The largest absolute Gasteiger partial charge is 0.491 e. The number of aryl methyl sites for hydroxylation is 2. The molecule has 4 atom stereocenters. The molecule has 0 radical (unpaired) electrons. The van der Waals surface area contributed by atoms with Crippen LogP contribution in [0.1, 0.15) is 72.0 Å². The number of anilines is 1. The zero-order valence-corrected chi connectivity index (χ0v) is 28.8. The van der Waals surface area contributed by atoms with E-state index >= 15 is 0 Å². The zero-order valence-electron chi connectivity index (χ0n) is 27.3. The molecule has 0 saturated heterocycles. The first-order valence-electron chi connectivity index (χ1n) is 16.8. The van der Waals surface area contributed by atoms with Crippen LogP contribution in [0.3, 0.4) is 0 Å². The van der Waals surface area contributed by atoms with E-state index in [1.165, 1.54) is 23.6 Å². The fraction of sp³-hybridized carbons (Fsp3) is 0.472. The van der Waals surface area contributed by atoms with Crippen LogP contribution in [0.2, 0.25) is 5.02 Å². The second-order valence-corrected chi connectivity index (χ2v) is 15.4.